The van der Waals surface area contributed by atoms with Gasteiger partial charge in [-0.2, -0.15) is 0 Å². The highest BCUT2D eigenvalue weighted by Crippen LogP contribution is 2.33. The summed E-state index contributed by atoms with van der Waals surface area (Å²) in [7, 11) is 3.11. The van der Waals surface area contributed by atoms with Crippen LogP contribution in [0.3, 0.4) is 0 Å². The summed E-state index contributed by atoms with van der Waals surface area (Å²) in [5, 5.41) is 0.610. The number of ether oxygens (including phenoxy) is 2. The zero-order valence-electron chi connectivity index (χ0n) is 16.3. The highest BCUT2D eigenvalue weighted by Gasteiger charge is 2.23. The van der Waals surface area contributed by atoms with Crippen molar-refractivity contribution in [1.82, 2.24) is 9.97 Å². The van der Waals surface area contributed by atoms with Crippen molar-refractivity contribution in [3.05, 3.63) is 76.5 Å². The molecule has 6 nitrogen and oxygen atoms in total. The molecule has 0 saturated carbocycles. The fraction of sp³-hybridized carbons (Fsp3) is 0.136. The third kappa shape index (κ3) is 4.29. The van der Waals surface area contributed by atoms with Gasteiger partial charge in [0.25, 0.3) is 5.91 Å². The van der Waals surface area contributed by atoms with Gasteiger partial charge in [-0.05, 0) is 42.0 Å². The molecule has 0 aliphatic carbocycles. The average Bonchev–Trinajstić information content (AvgIpc) is 3.20. The second-order valence-electron chi connectivity index (χ2n) is 6.46. The minimum Gasteiger partial charge on any atom is -0.497 e. The molecule has 30 heavy (non-hydrogen) atoms. The van der Waals surface area contributed by atoms with Crippen molar-refractivity contribution in [2.75, 3.05) is 19.1 Å². The van der Waals surface area contributed by atoms with Crippen LogP contribution in [0.25, 0.3) is 10.2 Å². The van der Waals surface area contributed by atoms with E-state index in [1.807, 2.05) is 30.3 Å². The Labute approximate surface area is 186 Å². The second-order valence-corrected chi connectivity index (χ2v) is 8.39. The molecule has 0 aliphatic rings. The van der Waals surface area contributed by atoms with Gasteiger partial charge in [0, 0.05) is 28.5 Å². The van der Waals surface area contributed by atoms with Crippen molar-refractivity contribution >= 4 is 48.5 Å². The predicted molar refractivity (Wildman–Crippen MR) is 122 cm³/mol. The lowest BCUT2D eigenvalue weighted by molar-refractivity contribution is 0.0984. The Balaban J connectivity index is 1.79. The molecule has 2 heterocycles. The zero-order valence-corrected chi connectivity index (χ0v) is 18.7. The van der Waals surface area contributed by atoms with E-state index in [2.05, 4.69) is 20.9 Å². The first kappa shape index (κ1) is 20.3. The topological polar surface area (TPSA) is 64.6 Å². The van der Waals surface area contributed by atoms with Crippen LogP contribution in [0, 0.1) is 0 Å². The van der Waals surface area contributed by atoms with Crippen LogP contribution in [0.5, 0.6) is 11.5 Å². The number of carbonyl (C=O) groups is 1. The molecule has 4 rings (SSSR count). The number of amides is 1. The minimum absolute atomic E-state index is 0.200. The van der Waals surface area contributed by atoms with E-state index in [-0.39, 0.29) is 5.91 Å². The third-order valence-electron chi connectivity index (χ3n) is 4.48. The standard InChI is InChI=1S/C22H18BrN3O3S/c1-28-17-8-15(9-18(11-17)29-2)21(27)26(13-14-4-3-7-24-12-14)22-25-19-6-5-16(23)10-20(19)30-22/h3-12H,13H2,1-2H3. The van der Waals surface area contributed by atoms with Crippen molar-refractivity contribution in [2.24, 2.45) is 0 Å². The number of fused-ring (bicyclic) bond motifs is 1. The van der Waals surface area contributed by atoms with Gasteiger partial charge in [-0.15, -0.1) is 0 Å². The highest BCUT2D eigenvalue weighted by molar-refractivity contribution is 9.10. The monoisotopic (exact) mass is 483 g/mol. The van der Waals surface area contributed by atoms with E-state index in [4.69, 9.17) is 14.5 Å². The molecule has 0 atom stereocenters. The van der Waals surface area contributed by atoms with E-state index in [0.717, 1.165) is 20.3 Å². The van der Waals surface area contributed by atoms with Crippen molar-refractivity contribution in [1.29, 1.82) is 0 Å². The molecule has 4 aromatic rings. The summed E-state index contributed by atoms with van der Waals surface area (Å²) >= 11 is 4.95. The normalized spacial score (nSPS) is 10.8. The van der Waals surface area contributed by atoms with E-state index in [9.17, 15) is 4.79 Å². The van der Waals surface area contributed by atoms with Gasteiger partial charge < -0.3 is 9.47 Å². The van der Waals surface area contributed by atoms with E-state index in [1.54, 1.807) is 49.7 Å². The summed E-state index contributed by atoms with van der Waals surface area (Å²) in [6.45, 7) is 0.340. The number of halogens is 1. The summed E-state index contributed by atoms with van der Waals surface area (Å²) < 4.78 is 12.6. The van der Waals surface area contributed by atoms with Gasteiger partial charge in [-0.3, -0.25) is 14.7 Å². The largest absolute Gasteiger partial charge is 0.497 e. The van der Waals surface area contributed by atoms with E-state index >= 15 is 0 Å². The maximum Gasteiger partial charge on any atom is 0.260 e. The number of thiazole rings is 1. The second kappa shape index (κ2) is 8.81. The number of benzene rings is 2. The zero-order chi connectivity index (χ0) is 21.1. The number of hydrogen-bond acceptors (Lipinski definition) is 6. The smallest absolute Gasteiger partial charge is 0.260 e. The molecule has 0 N–H and O–H groups in total. The van der Waals surface area contributed by atoms with Crippen LogP contribution in [-0.4, -0.2) is 30.1 Å². The van der Waals surface area contributed by atoms with Gasteiger partial charge >= 0.3 is 0 Å². The van der Waals surface area contributed by atoms with Crippen molar-refractivity contribution < 1.29 is 14.3 Å². The Morgan fingerprint density at radius 1 is 1.10 bits per heavy atom. The molecular weight excluding hydrogens is 466 g/mol. The maximum atomic E-state index is 13.6. The van der Waals surface area contributed by atoms with Gasteiger partial charge in [0.15, 0.2) is 5.13 Å². The molecule has 0 saturated heterocycles. The fourth-order valence-electron chi connectivity index (χ4n) is 2.99. The highest BCUT2D eigenvalue weighted by atomic mass is 79.9. The van der Waals surface area contributed by atoms with Crippen molar-refractivity contribution in [2.45, 2.75) is 6.54 Å². The Morgan fingerprint density at radius 2 is 1.87 bits per heavy atom. The molecule has 0 unspecified atom stereocenters. The SMILES string of the molecule is COc1cc(OC)cc(C(=O)N(Cc2cccnc2)c2nc3ccc(Br)cc3s2)c1. The van der Waals surface area contributed by atoms with Gasteiger partial charge in [0.2, 0.25) is 0 Å². The molecule has 2 aromatic carbocycles. The van der Waals surface area contributed by atoms with Crippen LogP contribution in [0.4, 0.5) is 5.13 Å². The van der Waals surface area contributed by atoms with Gasteiger partial charge in [0.1, 0.15) is 11.5 Å². The first-order chi connectivity index (χ1) is 14.6. The minimum atomic E-state index is -0.200. The number of nitrogens with zero attached hydrogens (tertiary/aromatic N) is 3. The number of pyridine rings is 1. The van der Waals surface area contributed by atoms with Crippen LogP contribution in [-0.2, 0) is 6.54 Å². The summed E-state index contributed by atoms with van der Waals surface area (Å²) in [6, 6.07) is 14.8. The fourth-order valence-corrected chi connectivity index (χ4v) is 4.50. The van der Waals surface area contributed by atoms with E-state index in [1.165, 1.54) is 11.3 Å². The van der Waals surface area contributed by atoms with Crippen LogP contribution >= 0.6 is 27.3 Å². The number of carbonyl (C=O) groups excluding carboxylic acids is 1. The maximum absolute atomic E-state index is 13.6. The Hall–Kier alpha value is -2.97. The molecule has 0 radical (unpaired) electrons. The molecular formula is C22H18BrN3O3S. The first-order valence-electron chi connectivity index (χ1n) is 9.07. The Kier molecular flexibility index (Phi) is 5.96. The lowest BCUT2D eigenvalue weighted by Crippen LogP contribution is -2.30. The first-order valence-corrected chi connectivity index (χ1v) is 10.7. The molecule has 0 fully saturated rings. The lowest BCUT2D eigenvalue weighted by atomic mass is 10.1. The van der Waals surface area contributed by atoms with Crippen molar-refractivity contribution in [3.8, 4) is 11.5 Å². The molecule has 2 aromatic heterocycles. The summed E-state index contributed by atoms with van der Waals surface area (Å²) in [5.74, 6) is 0.897. The van der Waals surface area contributed by atoms with E-state index < -0.39 is 0 Å². The van der Waals surface area contributed by atoms with E-state index in [0.29, 0.717) is 28.7 Å². The Morgan fingerprint density at radius 3 is 2.53 bits per heavy atom. The molecule has 0 bridgehead atoms. The third-order valence-corrected chi connectivity index (χ3v) is 6.01. The molecule has 0 spiro atoms. The number of rotatable bonds is 6. The quantitative estimate of drug-likeness (QED) is 0.371. The molecule has 152 valence electrons. The predicted octanol–water partition coefficient (Wildman–Crippen LogP) is 5.32. The number of hydrogen-bond donors (Lipinski definition) is 0. The molecule has 8 heteroatoms. The van der Waals surface area contributed by atoms with Gasteiger partial charge in [0.05, 0.1) is 31.0 Å². The molecule has 0 aliphatic heterocycles. The molecule has 1 amide bonds. The van der Waals surface area contributed by atoms with Crippen LogP contribution < -0.4 is 14.4 Å². The number of aromatic nitrogens is 2. The number of methoxy groups -OCH3 is 2. The number of anilines is 1. The summed E-state index contributed by atoms with van der Waals surface area (Å²) in [4.78, 5) is 24.1. The van der Waals surface area contributed by atoms with Crippen LogP contribution in [0.15, 0.2) is 65.4 Å². The van der Waals surface area contributed by atoms with Gasteiger partial charge in [-0.25, -0.2) is 4.98 Å². The van der Waals surface area contributed by atoms with Crippen molar-refractivity contribution in [3.63, 3.8) is 0 Å². The van der Waals surface area contributed by atoms with Gasteiger partial charge in [-0.1, -0.05) is 33.3 Å². The Bertz CT molecular complexity index is 1170. The average molecular weight is 484 g/mol. The van der Waals surface area contributed by atoms with Crippen LogP contribution in [0.2, 0.25) is 0 Å². The lowest BCUT2D eigenvalue weighted by Gasteiger charge is -2.20. The summed E-state index contributed by atoms with van der Waals surface area (Å²) in [5.41, 5.74) is 2.20. The summed E-state index contributed by atoms with van der Waals surface area (Å²) in [6.07, 6.45) is 3.45. The van der Waals surface area contributed by atoms with Crippen LogP contribution in [0.1, 0.15) is 15.9 Å².